The van der Waals surface area contributed by atoms with Gasteiger partial charge in [-0.1, -0.05) is 6.92 Å². The van der Waals surface area contributed by atoms with Gasteiger partial charge in [-0.25, -0.2) is 4.79 Å². The molecule has 0 unspecified atom stereocenters. The van der Waals surface area contributed by atoms with Crippen LogP contribution in [0.25, 0.3) is 0 Å². The summed E-state index contributed by atoms with van der Waals surface area (Å²) < 4.78 is 23.0. The van der Waals surface area contributed by atoms with Gasteiger partial charge in [-0.2, -0.15) is 0 Å². The van der Waals surface area contributed by atoms with Crippen LogP contribution in [0.1, 0.15) is 41.0 Å². The Bertz CT molecular complexity index is 1080. The third kappa shape index (κ3) is 2.11. The Morgan fingerprint density at radius 3 is 2.34 bits per heavy atom. The fourth-order valence-electron chi connectivity index (χ4n) is 7.17. The highest BCUT2D eigenvalue weighted by Gasteiger charge is 2.77. The molecule has 0 amide bonds. The number of carbonyl (C=O) groups excluding carboxylic acids is 4. The summed E-state index contributed by atoms with van der Waals surface area (Å²) in [5.74, 6) is -3.14. The van der Waals surface area contributed by atoms with Crippen molar-refractivity contribution in [3.05, 3.63) is 23.3 Å². The molecule has 8 nitrogen and oxygen atoms in total. The van der Waals surface area contributed by atoms with Crippen LogP contribution in [0.4, 0.5) is 0 Å². The zero-order valence-corrected chi connectivity index (χ0v) is 18.7. The van der Waals surface area contributed by atoms with Gasteiger partial charge in [0.2, 0.25) is 6.29 Å². The van der Waals surface area contributed by atoms with Gasteiger partial charge in [0.1, 0.15) is 17.3 Å². The molecule has 0 bridgehead atoms. The SMILES string of the molecule is C[C@@H]1O[C@@H]2OC(=O)[C@]3(C)C[C@@H]4[C@](C)(C(=O)C=C5C(=CC(=O)OC5(C)C)[C@@]45CO5)[C@H](C1=O)[C@H]23. The quantitative estimate of drug-likeness (QED) is 0.412. The predicted molar refractivity (Wildman–Crippen MR) is 107 cm³/mol. The first-order valence-corrected chi connectivity index (χ1v) is 11.1. The highest BCUT2D eigenvalue weighted by Crippen LogP contribution is 2.69. The van der Waals surface area contributed by atoms with Crippen LogP contribution in [0.15, 0.2) is 23.3 Å². The van der Waals surface area contributed by atoms with Crippen molar-refractivity contribution in [3.63, 3.8) is 0 Å². The van der Waals surface area contributed by atoms with Gasteiger partial charge in [0.15, 0.2) is 11.6 Å². The fourth-order valence-corrected chi connectivity index (χ4v) is 7.17. The van der Waals surface area contributed by atoms with Crippen LogP contribution in [-0.2, 0) is 38.1 Å². The van der Waals surface area contributed by atoms with Crippen LogP contribution in [0.3, 0.4) is 0 Å². The molecule has 6 rings (SSSR count). The molecule has 4 aliphatic heterocycles. The number of rotatable bonds is 0. The van der Waals surface area contributed by atoms with Gasteiger partial charge in [0, 0.05) is 40.4 Å². The van der Waals surface area contributed by atoms with Crippen LogP contribution in [0.2, 0.25) is 0 Å². The number of ether oxygens (including phenoxy) is 4. The lowest BCUT2D eigenvalue weighted by molar-refractivity contribution is -0.221. The molecule has 170 valence electrons. The summed E-state index contributed by atoms with van der Waals surface area (Å²) in [7, 11) is 0. The van der Waals surface area contributed by atoms with E-state index < -0.39 is 64.1 Å². The average molecular weight is 442 g/mol. The Hall–Kier alpha value is -2.32. The standard InChI is InChI=1S/C24H26O8/c1-10-18(27)16-17-19(30-10)31-20(28)22(17,4)8-13-23(16,5)14(25)6-11-12(24(13)9-29-24)7-15(26)32-21(11,2)3/h6-7,10,13,16-17,19H,8-9H2,1-5H3/t10-,13+,16-,17+,19+,22+,23+,24-/m0/s1. The lowest BCUT2D eigenvalue weighted by Crippen LogP contribution is -2.65. The van der Waals surface area contributed by atoms with Gasteiger partial charge >= 0.3 is 11.9 Å². The molecule has 1 saturated carbocycles. The topological polar surface area (TPSA) is 108 Å². The Labute approximate surface area is 185 Å². The van der Waals surface area contributed by atoms with Gasteiger partial charge in [-0.05, 0) is 40.2 Å². The van der Waals surface area contributed by atoms with E-state index in [1.165, 1.54) is 12.2 Å². The third-order valence-electron chi connectivity index (χ3n) is 8.96. The first-order chi connectivity index (χ1) is 14.9. The molecular weight excluding hydrogens is 416 g/mol. The molecule has 0 aromatic carbocycles. The van der Waals surface area contributed by atoms with E-state index in [0.29, 0.717) is 24.2 Å². The molecule has 0 aromatic heterocycles. The summed E-state index contributed by atoms with van der Waals surface area (Å²) in [6.07, 6.45) is 1.58. The largest absolute Gasteiger partial charge is 0.452 e. The van der Waals surface area contributed by atoms with E-state index in [2.05, 4.69) is 0 Å². The van der Waals surface area contributed by atoms with Crippen molar-refractivity contribution in [3.8, 4) is 0 Å². The number of epoxide rings is 1. The van der Waals surface area contributed by atoms with Gasteiger partial charge in [0.05, 0.1) is 12.0 Å². The average Bonchev–Trinajstić information content (AvgIpc) is 3.45. The van der Waals surface area contributed by atoms with E-state index in [-0.39, 0.29) is 11.6 Å². The minimum Gasteiger partial charge on any atom is -0.452 e. The molecule has 2 aliphatic carbocycles. The van der Waals surface area contributed by atoms with Crippen LogP contribution in [-0.4, -0.2) is 53.7 Å². The van der Waals surface area contributed by atoms with Crippen molar-refractivity contribution in [2.75, 3.05) is 6.61 Å². The van der Waals surface area contributed by atoms with Gasteiger partial charge < -0.3 is 18.9 Å². The molecular formula is C24H26O8. The molecule has 8 atom stereocenters. The lowest BCUT2D eigenvalue weighted by atomic mass is 9.45. The molecule has 3 saturated heterocycles. The number of cyclic esters (lactones) is 1. The minimum atomic E-state index is -1.15. The maximum absolute atomic E-state index is 14.0. The Morgan fingerprint density at radius 1 is 1.00 bits per heavy atom. The summed E-state index contributed by atoms with van der Waals surface area (Å²) in [4.78, 5) is 53.1. The van der Waals surface area contributed by atoms with Crippen molar-refractivity contribution in [1.82, 2.24) is 0 Å². The molecule has 0 radical (unpaired) electrons. The first kappa shape index (κ1) is 20.3. The molecule has 4 heterocycles. The number of allylic oxidation sites excluding steroid dienone is 1. The zero-order chi connectivity index (χ0) is 23.0. The molecule has 4 fully saturated rings. The van der Waals surface area contributed by atoms with Crippen molar-refractivity contribution >= 4 is 23.5 Å². The van der Waals surface area contributed by atoms with Crippen molar-refractivity contribution in [1.29, 1.82) is 0 Å². The maximum atomic E-state index is 14.0. The summed E-state index contributed by atoms with van der Waals surface area (Å²) in [5.41, 5.74) is -2.88. The third-order valence-corrected chi connectivity index (χ3v) is 8.96. The van der Waals surface area contributed by atoms with E-state index in [4.69, 9.17) is 18.9 Å². The van der Waals surface area contributed by atoms with Crippen LogP contribution in [0, 0.1) is 28.6 Å². The van der Waals surface area contributed by atoms with E-state index in [1.54, 1.807) is 27.7 Å². The summed E-state index contributed by atoms with van der Waals surface area (Å²) in [6.45, 7) is 9.04. The maximum Gasteiger partial charge on any atom is 0.332 e. The van der Waals surface area contributed by atoms with Crippen LogP contribution < -0.4 is 0 Å². The fraction of sp³-hybridized carbons (Fsp3) is 0.667. The van der Waals surface area contributed by atoms with E-state index >= 15 is 0 Å². The number of esters is 2. The summed E-state index contributed by atoms with van der Waals surface area (Å²) in [6, 6.07) is 0. The highest BCUT2D eigenvalue weighted by atomic mass is 16.7. The second-order valence-electron chi connectivity index (χ2n) is 11.0. The number of fused-ring (bicyclic) bond motifs is 5. The van der Waals surface area contributed by atoms with E-state index in [1.807, 2.05) is 6.92 Å². The molecule has 32 heavy (non-hydrogen) atoms. The second-order valence-corrected chi connectivity index (χ2v) is 11.0. The second kappa shape index (κ2) is 5.59. The Balaban J connectivity index is 1.62. The molecule has 0 N–H and O–H groups in total. The zero-order valence-electron chi connectivity index (χ0n) is 18.7. The molecule has 8 heteroatoms. The smallest absolute Gasteiger partial charge is 0.332 e. The van der Waals surface area contributed by atoms with Crippen molar-refractivity contribution in [2.45, 2.75) is 64.6 Å². The van der Waals surface area contributed by atoms with Crippen LogP contribution >= 0.6 is 0 Å². The highest BCUT2D eigenvalue weighted by molar-refractivity contribution is 6.04. The van der Waals surface area contributed by atoms with E-state index in [0.717, 1.165) is 0 Å². The molecule has 1 spiro atoms. The molecule has 6 aliphatic rings. The predicted octanol–water partition coefficient (Wildman–Crippen LogP) is 1.66. The number of carbonyl (C=O) groups is 4. The number of hydrogen-bond donors (Lipinski definition) is 0. The summed E-state index contributed by atoms with van der Waals surface area (Å²) >= 11 is 0. The van der Waals surface area contributed by atoms with Gasteiger partial charge in [-0.15, -0.1) is 0 Å². The van der Waals surface area contributed by atoms with Crippen molar-refractivity contribution < 1.29 is 38.1 Å². The van der Waals surface area contributed by atoms with Crippen molar-refractivity contribution in [2.24, 2.45) is 28.6 Å². The normalized spacial score (nSPS) is 50.3. The van der Waals surface area contributed by atoms with Gasteiger partial charge in [0.25, 0.3) is 0 Å². The Morgan fingerprint density at radius 2 is 1.69 bits per heavy atom. The minimum absolute atomic E-state index is 0.198. The van der Waals surface area contributed by atoms with Gasteiger partial charge in [-0.3, -0.25) is 14.4 Å². The Kier molecular flexibility index (Phi) is 3.55. The number of Topliss-reactive ketones (excluding diaryl/α,β-unsaturated/α-hetero) is 1. The van der Waals surface area contributed by atoms with E-state index in [9.17, 15) is 19.2 Å². The van der Waals surface area contributed by atoms with Crippen LogP contribution in [0.5, 0.6) is 0 Å². The number of hydrogen-bond acceptors (Lipinski definition) is 8. The first-order valence-electron chi connectivity index (χ1n) is 11.1. The molecule has 0 aromatic rings. The lowest BCUT2D eigenvalue weighted by Gasteiger charge is -2.56. The summed E-state index contributed by atoms with van der Waals surface area (Å²) in [5, 5.41) is 0. The monoisotopic (exact) mass is 442 g/mol. The number of ketones is 2.